The van der Waals surface area contributed by atoms with E-state index in [1.807, 2.05) is 66.7 Å². The van der Waals surface area contributed by atoms with Crippen molar-refractivity contribution in [2.24, 2.45) is 0 Å². The van der Waals surface area contributed by atoms with Gasteiger partial charge in [-0.25, -0.2) is 4.39 Å². The second-order valence-corrected chi connectivity index (χ2v) is 12.3. The number of hydrogen-bond donors (Lipinski definition) is 0. The van der Waals surface area contributed by atoms with Crippen molar-refractivity contribution in [2.45, 2.75) is 13.1 Å². The quantitative estimate of drug-likeness (QED) is 0.162. The molecule has 6 aromatic carbocycles. The van der Waals surface area contributed by atoms with Crippen LogP contribution in [0.4, 0.5) is 4.39 Å². The zero-order valence-corrected chi connectivity index (χ0v) is 28.5. The molecule has 2 aromatic heterocycles. The maximum Gasteiger partial charge on any atom is 0.123 e. The first kappa shape index (κ1) is 32.9. The van der Waals surface area contributed by atoms with Crippen LogP contribution in [0.3, 0.4) is 0 Å². The summed E-state index contributed by atoms with van der Waals surface area (Å²) in [7, 11) is 3.35. The fourth-order valence-corrected chi connectivity index (χ4v) is 6.46. The summed E-state index contributed by atoms with van der Waals surface area (Å²) in [4.78, 5) is 0. The Kier molecular flexibility index (Phi) is 9.62. The first-order chi connectivity index (χ1) is 25.0. The minimum Gasteiger partial charge on any atom is -0.497 e. The molecule has 0 amide bonds. The highest BCUT2D eigenvalue weighted by Crippen LogP contribution is 2.32. The number of methoxy groups -OCH3 is 2. The third kappa shape index (κ3) is 7.24. The molecule has 0 radical (unpaired) electrons. The lowest BCUT2D eigenvalue weighted by atomic mass is 10.0. The number of para-hydroxylation sites is 2. The third-order valence-corrected chi connectivity index (χ3v) is 9.08. The molecule has 0 saturated heterocycles. The Hall–Kier alpha value is -6.58. The standard InChI is InChI=1S/C23H18N2O.C22H18FNO/c1-26-21-11-7-18(8-12-21)16-25-14-13-20-3-2-4-22(23(20)25)19-9-5-17(15-24)6-10-19;1-25-20-11-5-16(6-12-20)15-24-14-13-18-3-2-4-21(22(18)24)17-7-9-19(23)10-8-17/h2-14H,16H2,1H3;2-14H,15H2,1H3. The largest absolute Gasteiger partial charge is 0.497 e. The molecule has 0 aliphatic heterocycles. The Bertz CT molecular complexity index is 2440. The maximum absolute atomic E-state index is 13.3. The van der Waals surface area contributed by atoms with Crippen LogP contribution < -0.4 is 9.47 Å². The van der Waals surface area contributed by atoms with E-state index in [4.69, 9.17) is 14.7 Å². The van der Waals surface area contributed by atoms with Crippen molar-refractivity contribution in [2.75, 3.05) is 14.2 Å². The van der Waals surface area contributed by atoms with Crippen LogP contribution in [-0.2, 0) is 13.1 Å². The van der Waals surface area contributed by atoms with Gasteiger partial charge in [-0.15, -0.1) is 0 Å². The fraction of sp³-hybridized carbons (Fsp3) is 0.0889. The average molecular weight is 670 g/mol. The Morgan fingerprint density at radius 2 is 0.961 bits per heavy atom. The predicted octanol–water partition coefficient (Wildman–Crippen LogP) is 10.7. The van der Waals surface area contributed by atoms with Crippen molar-refractivity contribution in [3.8, 4) is 39.8 Å². The molecule has 8 aromatic rings. The minimum atomic E-state index is -0.218. The van der Waals surface area contributed by atoms with E-state index in [2.05, 4.69) is 94.3 Å². The molecule has 5 nitrogen and oxygen atoms in total. The van der Waals surface area contributed by atoms with Gasteiger partial charge in [0.2, 0.25) is 0 Å². The molecule has 0 saturated carbocycles. The average Bonchev–Trinajstić information content (AvgIpc) is 3.80. The van der Waals surface area contributed by atoms with Crippen LogP contribution in [0.1, 0.15) is 16.7 Å². The summed E-state index contributed by atoms with van der Waals surface area (Å²) < 4.78 is 28.2. The molecule has 0 bridgehead atoms. The molecular formula is C45H36FN3O2. The number of rotatable bonds is 8. The summed E-state index contributed by atoms with van der Waals surface area (Å²) in [5, 5.41) is 11.4. The van der Waals surface area contributed by atoms with E-state index in [-0.39, 0.29) is 5.82 Å². The van der Waals surface area contributed by atoms with Crippen LogP contribution in [0.15, 0.2) is 158 Å². The number of aromatic nitrogens is 2. The lowest BCUT2D eigenvalue weighted by molar-refractivity contribution is 0.414. The van der Waals surface area contributed by atoms with E-state index in [1.165, 1.54) is 45.1 Å². The van der Waals surface area contributed by atoms with Gasteiger partial charge in [-0.1, -0.05) is 84.9 Å². The highest BCUT2D eigenvalue weighted by atomic mass is 19.1. The number of ether oxygens (including phenoxy) is 2. The number of nitriles is 1. The van der Waals surface area contributed by atoms with Crippen molar-refractivity contribution in [3.63, 3.8) is 0 Å². The topological polar surface area (TPSA) is 52.1 Å². The molecule has 250 valence electrons. The van der Waals surface area contributed by atoms with E-state index < -0.39 is 0 Å². The fourth-order valence-electron chi connectivity index (χ4n) is 6.46. The van der Waals surface area contributed by atoms with Crippen molar-refractivity contribution < 1.29 is 13.9 Å². The summed E-state index contributed by atoms with van der Waals surface area (Å²) in [6, 6.07) is 49.7. The normalized spacial score (nSPS) is 10.8. The maximum atomic E-state index is 13.3. The van der Waals surface area contributed by atoms with Gasteiger partial charge in [-0.05, 0) is 82.9 Å². The molecule has 0 spiro atoms. The summed E-state index contributed by atoms with van der Waals surface area (Å²) >= 11 is 0. The predicted molar refractivity (Wildman–Crippen MR) is 204 cm³/mol. The molecule has 0 atom stereocenters. The zero-order chi connectivity index (χ0) is 35.2. The van der Waals surface area contributed by atoms with Crippen LogP contribution in [0.2, 0.25) is 0 Å². The van der Waals surface area contributed by atoms with Crippen molar-refractivity contribution in [1.82, 2.24) is 9.13 Å². The van der Waals surface area contributed by atoms with Crippen LogP contribution in [-0.4, -0.2) is 23.4 Å². The smallest absolute Gasteiger partial charge is 0.123 e. The van der Waals surface area contributed by atoms with Crippen LogP contribution in [0.25, 0.3) is 44.1 Å². The van der Waals surface area contributed by atoms with Gasteiger partial charge in [0.25, 0.3) is 0 Å². The molecule has 0 N–H and O–H groups in total. The zero-order valence-electron chi connectivity index (χ0n) is 28.5. The lowest BCUT2D eigenvalue weighted by Crippen LogP contribution is -1.99. The van der Waals surface area contributed by atoms with E-state index in [9.17, 15) is 4.39 Å². The molecule has 0 unspecified atom stereocenters. The summed E-state index contributed by atoms with van der Waals surface area (Å²) in [6.07, 6.45) is 4.23. The van der Waals surface area contributed by atoms with Crippen molar-refractivity contribution in [3.05, 3.63) is 180 Å². The van der Waals surface area contributed by atoms with E-state index >= 15 is 0 Å². The number of halogens is 1. The highest BCUT2D eigenvalue weighted by molar-refractivity contribution is 5.95. The van der Waals surface area contributed by atoms with Gasteiger partial charge in [0.05, 0.1) is 36.9 Å². The Labute approximate surface area is 297 Å². The van der Waals surface area contributed by atoms with Gasteiger partial charge in [0.1, 0.15) is 17.3 Å². The summed E-state index contributed by atoms with van der Waals surface area (Å²) in [5.74, 6) is 1.50. The van der Waals surface area contributed by atoms with Crippen LogP contribution in [0, 0.1) is 17.1 Å². The lowest BCUT2D eigenvalue weighted by Gasteiger charge is -2.11. The van der Waals surface area contributed by atoms with E-state index in [0.717, 1.165) is 46.8 Å². The Morgan fingerprint density at radius 3 is 1.37 bits per heavy atom. The van der Waals surface area contributed by atoms with Crippen molar-refractivity contribution in [1.29, 1.82) is 5.26 Å². The summed E-state index contributed by atoms with van der Waals surface area (Å²) in [5.41, 5.74) is 9.87. The van der Waals surface area contributed by atoms with Crippen LogP contribution >= 0.6 is 0 Å². The summed E-state index contributed by atoms with van der Waals surface area (Å²) in [6.45, 7) is 1.56. The number of benzene rings is 6. The molecule has 6 heteroatoms. The van der Waals surface area contributed by atoms with Gasteiger partial charge >= 0.3 is 0 Å². The molecule has 0 aliphatic carbocycles. The van der Waals surface area contributed by atoms with E-state index in [0.29, 0.717) is 5.56 Å². The molecule has 0 aliphatic rings. The number of nitrogens with zero attached hydrogens (tertiary/aromatic N) is 3. The second-order valence-electron chi connectivity index (χ2n) is 12.3. The second kappa shape index (κ2) is 14.9. The molecule has 0 fully saturated rings. The Morgan fingerprint density at radius 1 is 0.529 bits per heavy atom. The SMILES string of the molecule is COc1ccc(Cn2ccc3cccc(-c4ccc(C#N)cc4)c32)cc1.COc1ccc(Cn2ccc3cccc(-c4ccc(F)cc4)c32)cc1. The van der Waals surface area contributed by atoms with Gasteiger partial charge in [0, 0.05) is 47.4 Å². The Balaban J connectivity index is 0.000000159. The van der Waals surface area contributed by atoms with Crippen molar-refractivity contribution >= 4 is 21.8 Å². The number of fused-ring (bicyclic) bond motifs is 2. The molecule has 51 heavy (non-hydrogen) atoms. The monoisotopic (exact) mass is 669 g/mol. The van der Waals surface area contributed by atoms with Gasteiger partial charge in [-0.2, -0.15) is 5.26 Å². The minimum absolute atomic E-state index is 0.218. The van der Waals surface area contributed by atoms with Crippen LogP contribution in [0.5, 0.6) is 11.5 Å². The number of hydrogen-bond acceptors (Lipinski definition) is 3. The third-order valence-electron chi connectivity index (χ3n) is 9.08. The molecule has 2 heterocycles. The highest BCUT2D eigenvalue weighted by Gasteiger charge is 2.11. The van der Waals surface area contributed by atoms with Gasteiger partial charge in [-0.3, -0.25) is 0 Å². The van der Waals surface area contributed by atoms with E-state index in [1.54, 1.807) is 14.2 Å². The van der Waals surface area contributed by atoms with Gasteiger partial charge in [0.15, 0.2) is 0 Å². The van der Waals surface area contributed by atoms with Gasteiger partial charge < -0.3 is 18.6 Å². The molecular weight excluding hydrogens is 634 g/mol. The first-order valence-electron chi connectivity index (χ1n) is 16.7. The molecule has 8 rings (SSSR count). The first-order valence-corrected chi connectivity index (χ1v) is 16.7.